The normalized spacial score (nSPS) is 43.5. The van der Waals surface area contributed by atoms with E-state index in [9.17, 15) is 0 Å². The van der Waals surface area contributed by atoms with E-state index in [4.69, 9.17) is 0 Å². The van der Waals surface area contributed by atoms with Crippen LogP contribution in [0.25, 0.3) is 0 Å². The molecular weight excluding hydrogens is 196 g/mol. The van der Waals surface area contributed by atoms with Crippen molar-refractivity contribution < 1.29 is 0 Å². The van der Waals surface area contributed by atoms with Crippen molar-refractivity contribution in [3.05, 3.63) is 0 Å². The van der Waals surface area contributed by atoms with Gasteiger partial charge < -0.3 is 5.32 Å². The molecule has 0 aromatic rings. The molecule has 0 aromatic carbocycles. The number of nitrogens with zero attached hydrogens (tertiary/aromatic N) is 1. The van der Waals surface area contributed by atoms with E-state index in [1.165, 1.54) is 51.7 Å². The summed E-state index contributed by atoms with van der Waals surface area (Å²) in [5.74, 6) is 2.12. The molecule has 2 saturated carbocycles. The molecule has 1 heterocycles. The maximum absolute atomic E-state index is 3.68. The molecule has 0 amide bonds. The van der Waals surface area contributed by atoms with Gasteiger partial charge in [0, 0.05) is 18.1 Å². The summed E-state index contributed by atoms with van der Waals surface area (Å²) < 4.78 is 0. The Morgan fingerprint density at radius 1 is 1.19 bits per heavy atom. The monoisotopic (exact) mass is 222 g/mol. The Morgan fingerprint density at radius 3 is 2.75 bits per heavy atom. The first-order valence-corrected chi connectivity index (χ1v) is 7.13. The predicted octanol–water partition coefficient (Wildman–Crippen LogP) is 2.25. The highest BCUT2D eigenvalue weighted by Crippen LogP contribution is 2.46. The summed E-state index contributed by atoms with van der Waals surface area (Å²) in [6.07, 6.45) is 7.41. The molecular formula is C14H26N2. The minimum Gasteiger partial charge on any atom is -0.310 e. The van der Waals surface area contributed by atoms with Crippen LogP contribution in [0.3, 0.4) is 0 Å². The van der Waals surface area contributed by atoms with Crippen LogP contribution in [0, 0.1) is 11.8 Å². The van der Waals surface area contributed by atoms with Crippen molar-refractivity contribution in [3.63, 3.8) is 0 Å². The van der Waals surface area contributed by atoms with Gasteiger partial charge in [0.25, 0.3) is 0 Å². The number of fused-ring (bicyclic) bond motifs is 2. The second-order valence-corrected chi connectivity index (χ2v) is 6.88. The molecule has 3 atom stereocenters. The molecule has 1 saturated heterocycles. The molecule has 3 aliphatic rings. The minimum atomic E-state index is 0.318. The zero-order chi connectivity index (χ0) is 11.2. The maximum atomic E-state index is 3.68. The molecule has 3 rings (SSSR count). The highest BCUT2D eigenvalue weighted by Gasteiger charge is 2.43. The SMILES string of the molecule is CC1(C)CN(C2CC3CCC2C3)CCCN1. The lowest BCUT2D eigenvalue weighted by Gasteiger charge is -2.37. The Bertz CT molecular complexity index is 261. The molecule has 2 heteroatoms. The first-order valence-electron chi connectivity index (χ1n) is 7.13. The molecule has 92 valence electrons. The quantitative estimate of drug-likeness (QED) is 0.732. The smallest absolute Gasteiger partial charge is 0.0252 e. The number of hydrogen-bond acceptors (Lipinski definition) is 2. The van der Waals surface area contributed by atoms with E-state index in [2.05, 4.69) is 24.1 Å². The standard InChI is InChI=1S/C14H26N2/c1-14(2)10-16(7-3-6-15-14)13-9-11-4-5-12(13)8-11/h11-13,15H,3-10H2,1-2H3. The van der Waals surface area contributed by atoms with Crippen LogP contribution in [0.15, 0.2) is 0 Å². The van der Waals surface area contributed by atoms with Crippen LogP contribution < -0.4 is 5.32 Å². The second-order valence-electron chi connectivity index (χ2n) is 6.88. The number of hydrogen-bond donors (Lipinski definition) is 1. The molecule has 3 unspecified atom stereocenters. The Balaban J connectivity index is 1.69. The molecule has 0 spiro atoms. The highest BCUT2D eigenvalue weighted by molar-refractivity contribution is 4.98. The fourth-order valence-electron chi connectivity index (χ4n) is 4.29. The third-order valence-corrected chi connectivity index (χ3v) is 4.99. The van der Waals surface area contributed by atoms with Gasteiger partial charge in [-0.3, -0.25) is 4.90 Å². The van der Waals surface area contributed by atoms with Gasteiger partial charge >= 0.3 is 0 Å². The summed E-state index contributed by atoms with van der Waals surface area (Å²) in [7, 11) is 0. The first-order chi connectivity index (χ1) is 7.64. The van der Waals surface area contributed by atoms with E-state index in [1.54, 1.807) is 0 Å². The van der Waals surface area contributed by atoms with Gasteiger partial charge in [-0.25, -0.2) is 0 Å². The molecule has 0 radical (unpaired) electrons. The summed E-state index contributed by atoms with van der Waals surface area (Å²) >= 11 is 0. The van der Waals surface area contributed by atoms with E-state index in [-0.39, 0.29) is 0 Å². The van der Waals surface area contributed by atoms with E-state index < -0.39 is 0 Å². The average molecular weight is 222 g/mol. The highest BCUT2D eigenvalue weighted by atomic mass is 15.2. The lowest BCUT2D eigenvalue weighted by molar-refractivity contribution is 0.124. The van der Waals surface area contributed by atoms with E-state index >= 15 is 0 Å². The van der Waals surface area contributed by atoms with Gasteiger partial charge in [-0.05, 0) is 64.5 Å². The number of nitrogens with one attached hydrogen (secondary N) is 1. The van der Waals surface area contributed by atoms with Crippen LogP contribution in [0.2, 0.25) is 0 Å². The molecule has 2 aliphatic carbocycles. The lowest BCUT2D eigenvalue weighted by atomic mass is 9.92. The van der Waals surface area contributed by atoms with Crippen LogP contribution in [-0.4, -0.2) is 36.1 Å². The first kappa shape index (κ1) is 11.0. The minimum absolute atomic E-state index is 0.318. The van der Waals surface area contributed by atoms with Crippen LogP contribution >= 0.6 is 0 Å². The molecule has 16 heavy (non-hydrogen) atoms. The van der Waals surface area contributed by atoms with Gasteiger partial charge in [0.1, 0.15) is 0 Å². The van der Waals surface area contributed by atoms with Crippen molar-refractivity contribution in [1.29, 1.82) is 0 Å². The second kappa shape index (κ2) is 3.99. The van der Waals surface area contributed by atoms with E-state index in [1.807, 2.05) is 0 Å². The molecule has 1 N–H and O–H groups in total. The van der Waals surface area contributed by atoms with E-state index in [0.29, 0.717) is 5.54 Å². The van der Waals surface area contributed by atoms with Crippen LogP contribution in [-0.2, 0) is 0 Å². The summed E-state index contributed by atoms with van der Waals surface area (Å²) in [5, 5.41) is 3.68. The maximum Gasteiger partial charge on any atom is 0.0252 e. The predicted molar refractivity (Wildman–Crippen MR) is 67.5 cm³/mol. The molecule has 3 fully saturated rings. The summed E-state index contributed by atoms with van der Waals surface area (Å²) in [6.45, 7) is 8.49. The van der Waals surface area contributed by atoms with Gasteiger partial charge in [-0.2, -0.15) is 0 Å². The Kier molecular flexibility index (Phi) is 2.75. The van der Waals surface area contributed by atoms with E-state index in [0.717, 1.165) is 17.9 Å². The third-order valence-electron chi connectivity index (χ3n) is 4.99. The molecule has 0 aromatic heterocycles. The summed E-state index contributed by atoms with van der Waals surface area (Å²) in [4.78, 5) is 2.81. The molecule has 1 aliphatic heterocycles. The Morgan fingerprint density at radius 2 is 2.06 bits per heavy atom. The van der Waals surface area contributed by atoms with Crippen molar-refractivity contribution in [2.45, 2.75) is 57.5 Å². The van der Waals surface area contributed by atoms with Gasteiger partial charge in [0.15, 0.2) is 0 Å². The zero-order valence-corrected chi connectivity index (χ0v) is 10.8. The van der Waals surface area contributed by atoms with Gasteiger partial charge in [-0.15, -0.1) is 0 Å². The van der Waals surface area contributed by atoms with Crippen molar-refractivity contribution >= 4 is 0 Å². The molecule has 2 bridgehead atoms. The Labute approximate surface area is 99.8 Å². The summed E-state index contributed by atoms with van der Waals surface area (Å²) in [5.41, 5.74) is 0.318. The average Bonchev–Trinajstić information content (AvgIpc) is 2.79. The fraction of sp³-hybridized carbons (Fsp3) is 1.00. The van der Waals surface area contributed by atoms with Gasteiger partial charge in [0.05, 0.1) is 0 Å². The lowest BCUT2D eigenvalue weighted by Crippen LogP contribution is -2.50. The fourth-order valence-corrected chi connectivity index (χ4v) is 4.29. The van der Waals surface area contributed by atoms with Crippen molar-refractivity contribution in [3.8, 4) is 0 Å². The zero-order valence-electron chi connectivity index (χ0n) is 10.8. The topological polar surface area (TPSA) is 15.3 Å². The largest absolute Gasteiger partial charge is 0.310 e. The van der Waals surface area contributed by atoms with Crippen molar-refractivity contribution in [2.75, 3.05) is 19.6 Å². The third kappa shape index (κ3) is 2.02. The van der Waals surface area contributed by atoms with Crippen LogP contribution in [0.5, 0.6) is 0 Å². The molecule has 2 nitrogen and oxygen atoms in total. The van der Waals surface area contributed by atoms with Crippen molar-refractivity contribution in [1.82, 2.24) is 10.2 Å². The van der Waals surface area contributed by atoms with Crippen LogP contribution in [0.1, 0.15) is 46.0 Å². The number of rotatable bonds is 1. The van der Waals surface area contributed by atoms with Gasteiger partial charge in [-0.1, -0.05) is 6.42 Å². The Hall–Kier alpha value is -0.0800. The van der Waals surface area contributed by atoms with Gasteiger partial charge in [0.2, 0.25) is 0 Å². The summed E-state index contributed by atoms with van der Waals surface area (Å²) in [6, 6.07) is 0.929. The van der Waals surface area contributed by atoms with Crippen LogP contribution in [0.4, 0.5) is 0 Å². The van der Waals surface area contributed by atoms with Crippen molar-refractivity contribution in [2.24, 2.45) is 11.8 Å².